The number of hydrogen-bond donors (Lipinski definition) is 1. The molecule has 0 aliphatic rings. The minimum absolute atomic E-state index is 0.0278. The molecule has 4 aromatic rings. The Morgan fingerprint density at radius 2 is 1.61 bits per heavy atom. The van der Waals surface area contributed by atoms with Crippen LogP contribution in [0.1, 0.15) is 44.9 Å². The van der Waals surface area contributed by atoms with Crippen LogP contribution in [0.4, 0.5) is 0 Å². The Hall–Kier alpha value is -3.40. The van der Waals surface area contributed by atoms with Crippen LogP contribution in [0, 0.1) is 20.8 Å². The molecular weight excluding hydrogens is 382 g/mol. The number of rotatable bonds is 7. The molecule has 4 heteroatoms. The van der Waals surface area contributed by atoms with Crippen molar-refractivity contribution in [2.75, 3.05) is 6.54 Å². The first kappa shape index (κ1) is 20.9. The second-order valence-electron chi connectivity index (χ2n) is 8.21. The number of aryl methyl sites for hydroxylation is 4. The van der Waals surface area contributed by atoms with Crippen LogP contribution in [0.15, 0.2) is 66.7 Å². The van der Waals surface area contributed by atoms with E-state index < -0.39 is 0 Å². The van der Waals surface area contributed by atoms with E-state index in [0.29, 0.717) is 12.1 Å². The summed E-state index contributed by atoms with van der Waals surface area (Å²) in [6, 6.07) is 22.2. The summed E-state index contributed by atoms with van der Waals surface area (Å²) in [6.07, 6.45) is 1.65. The van der Waals surface area contributed by atoms with Crippen LogP contribution in [0.2, 0.25) is 0 Å². The van der Waals surface area contributed by atoms with Gasteiger partial charge in [-0.1, -0.05) is 48.0 Å². The zero-order valence-electron chi connectivity index (χ0n) is 18.5. The fraction of sp³-hybridized carbons (Fsp3) is 0.259. The molecule has 1 N–H and O–H groups in total. The maximum absolute atomic E-state index is 12.3. The third-order valence-corrected chi connectivity index (χ3v) is 5.79. The third kappa shape index (κ3) is 4.69. The summed E-state index contributed by atoms with van der Waals surface area (Å²) in [7, 11) is 0. The number of fused-ring (bicyclic) bond motifs is 1. The number of nitrogens with one attached hydrogen (secondary N) is 1. The van der Waals surface area contributed by atoms with Crippen molar-refractivity contribution in [1.29, 1.82) is 0 Å². The maximum atomic E-state index is 12.3. The first-order valence-corrected chi connectivity index (χ1v) is 10.9. The van der Waals surface area contributed by atoms with Crippen molar-refractivity contribution in [1.82, 2.24) is 14.9 Å². The van der Waals surface area contributed by atoms with Crippen LogP contribution >= 0.6 is 0 Å². The molecule has 0 radical (unpaired) electrons. The number of amides is 1. The second kappa shape index (κ2) is 9.17. The van der Waals surface area contributed by atoms with Gasteiger partial charge in [-0.15, -0.1) is 0 Å². The van der Waals surface area contributed by atoms with E-state index in [1.54, 1.807) is 0 Å². The van der Waals surface area contributed by atoms with Crippen molar-refractivity contribution < 1.29 is 4.79 Å². The van der Waals surface area contributed by atoms with Gasteiger partial charge in [-0.25, -0.2) is 4.98 Å². The number of aromatic nitrogens is 2. The van der Waals surface area contributed by atoms with Crippen molar-refractivity contribution in [3.05, 3.63) is 100 Å². The molecule has 3 aromatic carbocycles. The average Bonchev–Trinajstić information content (AvgIpc) is 3.11. The molecule has 0 saturated heterocycles. The zero-order chi connectivity index (χ0) is 21.8. The molecule has 0 spiro atoms. The molecule has 0 unspecified atom stereocenters. The number of benzene rings is 3. The molecule has 0 fully saturated rings. The lowest BCUT2D eigenvalue weighted by Gasteiger charge is -2.15. The second-order valence-corrected chi connectivity index (χ2v) is 8.21. The number of hydrogen-bond acceptors (Lipinski definition) is 2. The van der Waals surface area contributed by atoms with E-state index in [2.05, 4.69) is 61.0 Å². The van der Waals surface area contributed by atoms with E-state index in [1.807, 2.05) is 36.4 Å². The minimum Gasteiger partial charge on any atom is -0.352 e. The molecule has 4 nitrogen and oxygen atoms in total. The first-order valence-electron chi connectivity index (χ1n) is 10.9. The van der Waals surface area contributed by atoms with E-state index in [9.17, 15) is 4.79 Å². The highest BCUT2D eigenvalue weighted by atomic mass is 16.1. The summed E-state index contributed by atoms with van der Waals surface area (Å²) >= 11 is 0. The Kier molecular flexibility index (Phi) is 6.17. The molecule has 1 aromatic heterocycles. The fourth-order valence-electron chi connectivity index (χ4n) is 4.25. The normalized spacial score (nSPS) is 11.1. The largest absolute Gasteiger partial charge is 0.352 e. The van der Waals surface area contributed by atoms with Crippen molar-refractivity contribution in [2.45, 2.75) is 40.2 Å². The minimum atomic E-state index is -0.0278. The van der Waals surface area contributed by atoms with Gasteiger partial charge in [-0.05, 0) is 68.1 Å². The molecule has 158 valence electrons. The van der Waals surface area contributed by atoms with E-state index >= 15 is 0 Å². The van der Waals surface area contributed by atoms with Crippen molar-refractivity contribution in [2.24, 2.45) is 0 Å². The van der Waals surface area contributed by atoms with Gasteiger partial charge in [0.25, 0.3) is 5.91 Å². The Labute approximate surface area is 183 Å². The van der Waals surface area contributed by atoms with Gasteiger partial charge in [0.15, 0.2) is 0 Å². The SMILES string of the molecule is Cc1cc(C)c(Cn2c(CCCNC(=O)c3ccccc3)nc3ccccc32)c(C)c1. The summed E-state index contributed by atoms with van der Waals surface area (Å²) in [5.41, 5.74) is 8.15. The van der Waals surface area contributed by atoms with Gasteiger partial charge in [0.1, 0.15) is 5.82 Å². The Balaban J connectivity index is 1.51. The average molecular weight is 412 g/mol. The van der Waals surface area contributed by atoms with Crippen LogP contribution in [0.3, 0.4) is 0 Å². The molecule has 1 amide bonds. The van der Waals surface area contributed by atoms with Crippen molar-refractivity contribution in [3.8, 4) is 0 Å². The first-order chi connectivity index (χ1) is 15.0. The van der Waals surface area contributed by atoms with E-state index in [1.165, 1.54) is 22.3 Å². The van der Waals surface area contributed by atoms with Crippen LogP contribution in [-0.4, -0.2) is 22.0 Å². The van der Waals surface area contributed by atoms with Gasteiger partial charge in [-0.3, -0.25) is 4.79 Å². The Morgan fingerprint density at radius 3 is 2.35 bits per heavy atom. The summed E-state index contributed by atoms with van der Waals surface area (Å²) in [5.74, 6) is 1.04. The fourth-order valence-corrected chi connectivity index (χ4v) is 4.25. The van der Waals surface area contributed by atoms with E-state index in [4.69, 9.17) is 4.98 Å². The standard InChI is InChI=1S/C27H29N3O/c1-19-16-20(2)23(21(3)17-19)18-30-25-13-8-7-12-24(25)29-26(30)14-9-15-28-27(31)22-10-5-4-6-11-22/h4-8,10-13,16-17H,9,14-15,18H2,1-3H3,(H,28,31). The molecule has 0 saturated carbocycles. The summed E-state index contributed by atoms with van der Waals surface area (Å²) < 4.78 is 2.33. The van der Waals surface area contributed by atoms with Crippen molar-refractivity contribution in [3.63, 3.8) is 0 Å². The quantitative estimate of drug-likeness (QED) is 0.416. The zero-order valence-corrected chi connectivity index (χ0v) is 18.5. The highest BCUT2D eigenvalue weighted by molar-refractivity contribution is 5.94. The highest BCUT2D eigenvalue weighted by Gasteiger charge is 2.13. The number of carbonyl (C=O) groups is 1. The molecule has 31 heavy (non-hydrogen) atoms. The number of para-hydroxylation sites is 2. The summed E-state index contributed by atoms with van der Waals surface area (Å²) in [5, 5.41) is 3.02. The van der Waals surface area contributed by atoms with E-state index in [-0.39, 0.29) is 5.91 Å². The van der Waals surface area contributed by atoms with Gasteiger partial charge in [0.2, 0.25) is 0 Å². The van der Waals surface area contributed by atoms with Crippen LogP contribution in [-0.2, 0) is 13.0 Å². The van der Waals surface area contributed by atoms with Crippen LogP contribution in [0.5, 0.6) is 0 Å². The van der Waals surface area contributed by atoms with E-state index in [0.717, 1.165) is 36.2 Å². The van der Waals surface area contributed by atoms with Gasteiger partial charge in [0.05, 0.1) is 11.0 Å². The van der Waals surface area contributed by atoms with Gasteiger partial charge in [-0.2, -0.15) is 0 Å². The molecule has 0 aliphatic carbocycles. The van der Waals surface area contributed by atoms with Crippen molar-refractivity contribution >= 4 is 16.9 Å². The highest BCUT2D eigenvalue weighted by Crippen LogP contribution is 2.23. The maximum Gasteiger partial charge on any atom is 0.251 e. The summed E-state index contributed by atoms with van der Waals surface area (Å²) in [4.78, 5) is 17.2. The smallest absolute Gasteiger partial charge is 0.251 e. The van der Waals surface area contributed by atoms with Gasteiger partial charge < -0.3 is 9.88 Å². The van der Waals surface area contributed by atoms with Crippen LogP contribution < -0.4 is 5.32 Å². The topological polar surface area (TPSA) is 46.9 Å². The molecule has 0 atom stereocenters. The number of nitrogens with zero attached hydrogens (tertiary/aromatic N) is 2. The monoisotopic (exact) mass is 411 g/mol. The lowest BCUT2D eigenvalue weighted by Crippen LogP contribution is -2.25. The predicted molar refractivity (Wildman–Crippen MR) is 127 cm³/mol. The number of carbonyl (C=O) groups excluding carboxylic acids is 1. The molecule has 4 rings (SSSR count). The van der Waals surface area contributed by atoms with Crippen LogP contribution in [0.25, 0.3) is 11.0 Å². The molecule has 0 bridgehead atoms. The lowest BCUT2D eigenvalue weighted by molar-refractivity contribution is 0.0953. The molecular formula is C27H29N3O. The molecule has 1 heterocycles. The van der Waals surface area contributed by atoms with Gasteiger partial charge in [0, 0.05) is 25.1 Å². The third-order valence-electron chi connectivity index (χ3n) is 5.79. The number of imidazole rings is 1. The van der Waals surface area contributed by atoms with Gasteiger partial charge >= 0.3 is 0 Å². The molecule has 0 aliphatic heterocycles. The predicted octanol–water partition coefficient (Wildman–Crippen LogP) is 5.37. The lowest BCUT2D eigenvalue weighted by atomic mass is 9.99. The summed E-state index contributed by atoms with van der Waals surface area (Å²) in [6.45, 7) is 7.95. The Morgan fingerprint density at radius 1 is 0.935 bits per heavy atom. The Bertz CT molecular complexity index is 1180.